The number of aromatic nitrogens is 2. The van der Waals surface area contributed by atoms with E-state index in [0.717, 1.165) is 43.2 Å². The fourth-order valence-corrected chi connectivity index (χ4v) is 3.84. The second-order valence-electron chi connectivity index (χ2n) is 6.75. The smallest absolute Gasteiger partial charge is 0.325 e. The molecule has 3 rings (SSSR count). The minimum Gasteiger partial charge on any atom is -0.350 e. The van der Waals surface area contributed by atoms with Crippen molar-refractivity contribution in [3.05, 3.63) is 68.0 Å². The molecule has 0 bridgehead atoms. The normalized spacial score (nSPS) is 16.4. The van der Waals surface area contributed by atoms with Crippen LogP contribution in [0.1, 0.15) is 48.9 Å². The maximum Gasteiger partial charge on any atom is 0.325 e. The first-order chi connectivity index (χ1) is 12.0. The summed E-state index contributed by atoms with van der Waals surface area (Å²) < 4.78 is 0. The number of carbonyl (C=O) groups excluding carboxylic acids is 1. The molecular weight excluding hydrogens is 318 g/mol. The van der Waals surface area contributed by atoms with Crippen molar-refractivity contribution < 1.29 is 4.79 Å². The van der Waals surface area contributed by atoms with Gasteiger partial charge in [-0.15, -0.1) is 0 Å². The zero-order valence-corrected chi connectivity index (χ0v) is 14.4. The van der Waals surface area contributed by atoms with Crippen LogP contribution in [-0.2, 0) is 16.8 Å². The molecule has 0 unspecified atom stereocenters. The van der Waals surface area contributed by atoms with Gasteiger partial charge in [-0.2, -0.15) is 0 Å². The lowest BCUT2D eigenvalue weighted by Gasteiger charge is -2.37. The summed E-state index contributed by atoms with van der Waals surface area (Å²) in [5, 5.41) is 2.93. The Morgan fingerprint density at radius 3 is 2.52 bits per heavy atom. The van der Waals surface area contributed by atoms with Gasteiger partial charge in [0.1, 0.15) is 0 Å². The number of amides is 1. The summed E-state index contributed by atoms with van der Waals surface area (Å²) in [5.41, 5.74) is 1.02. The molecule has 0 spiro atoms. The number of benzene rings is 1. The van der Waals surface area contributed by atoms with E-state index < -0.39 is 16.7 Å². The number of H-pyrrole nitrogens is 2. The van der Waals surface area contributed by atoms with Crippen LogP contribution in [0.5, 0.6) is 0 Å². The average molecular weight is 341 g/mol. The third kappa shape index (κ3) is 3.57. The molecule has 1 fully saturated rings. The highest BCUT2D eigenvalue weighted by atomic mass is 16.2. The van der Waals surface area contributed by atoms with Crippen molar-refractivity contribution in [2.75, 3.05) is 0 Å². The van der Waals surface area contributed by atoms with E-state index in [-0.39, 0.29) is 12.5 Å². The van der Waals surface area contributed by atoms with Gasteiger partial charge in [0.15, 0.2) is 0 Å². The first kappa shape index (κ1) is 17.2. The average Bonchev–Trinajstić information content (AvgIpc) is 2.60. The Bertz CT molecular complexity index is 847. The Morgan fingerprint density at radius 2 is 1.84 bits per heavy atom. The van der Waals surface area contributed by atoms with Crippen LogP contribution in [0, 0.1) is 6.92 Å². The molecule has 2 aromatic rings. The third-order valence-corrected chi connectivity index (χ3v) is 5.06. The highest BCUT2D eigenvalue weighted by Crippen LogP contribution is 2.41. The van der Waals surface area contributed by atoms with E-state index in [1.165, 1.54) is 6.07 Å². The molecule has 1 saturated carbocycles. The largest absolute Gasteiger partial charge is 0.350 e. The van der Waals surface area contributed by atoms with Gasteiger partial charge in [0.25, 0.3) is 5.56 Å². The van der Waals surface area contributed by atoms with Crippen molar-refractivity contribution in [3.63, 3.8) is 0 Å². The minimum absolute atomic E-state index is 0.0392. The molecule has 1 aliphatic carbocycles. The van der Waals surface area contributed by atoms with Crippen LogP contribution in [0.3, 0.4) is 0 Å². The van der Waals surface area contributed by atoms with Gasteiger partial charge in [-0.1, -0.05) is 43.5 Å². The minimum atomic E-state index is -0.567. The van der Waals surface area contributed by atoms with E-state index in [9.17, 15) is 14.4 Å². The van der Waals surface area contributed by atoms with Crippen molar-refractivity contribution in [2.24, 2.45) is 0 Å². The first-order valence-corrected chi connectivity index (χ1v) is 8.68. The second kappa shape index (κ2) is 7.09. The van der Waals surface area contributed by atoms with Crippen LogP contribution in [0.25, 0.3) is 0 Å². The molecule has 1 heterocycles. The summed E-state index contributed by atoms with van der Waals surface area (Å²) in [6.07, 6.45) is 4.81. The van der Waals surface area contributed by atoms with E-state index in [1.54, 1.807) is 0 Å². The fraction of sp³-hybridized carbons (Fsp3) is 0.421. The fourth-order valence-electron chi connectivity index (χ4n) is 3.84. The van der Waals surface area contributed by atoms with Crippen molar-refractivity contribution in [1.29, 1.82) is 0 Å². The molecule has 1 aliphatic rings. The van der Waals surface area contributed by atoms with Crippen LogP contribution in [0.2, 0.25) is 0 Å². The highest BCUT2D eigenvalue weighted by Gasteiger charge is 2.41. The zero-order valence-electron chi connectivity index (χ0n) is 14.4. The molecule has 6 heteroatoms. The zero-order chi connectivity index (χ0) is 17.9. The number of aromatic amines is 2. The van der Waals surface area contributed by atoms with E-state index in [0.29, 0.717) is 5.69 Å². The van der Waals surface area contributed by atoms with Gasteiger partial charge in [-0.05, 0) is 30.9 Å². The quantitative estimate of drug-likeness (QED) is 0.792. The van der Waals surface area contributed by atoms with Gasteiger partial charge < -0.3 is 10.3 Å². The molecule has 1 amide bonds. The Balaban J connectivity index is 1.86. The van der Waals surface area contributed by atoms with E-state index >= 15 is 0 Å². The number of rotatable bonds is 4. The van der Waals surface area contributed by atoms with Crippen LogP contribution in [0.15, 0.2) is 39.9 Å². The number of carbonyl (C=O) groups is 1. The summed E-state index contributed by atoms with van der Waals surface area (Å²) in [6, 6.07) is 9.32. The van der Waals surface area contributed by atoms with Gasteiger partial charge in [-0.3, -0.25) is 14.6 Å². The summed E-state index contributed by atoms with van der Waals surface area (Å²) in [6.45, 7) is 2.17. The molecule has 0 saturated heterocycles. The van der Waals surface area contributed by atoms with Crippen LogP contribution < -0.4 is 16.6 Å². The Hall–Kier alpha value is -2.63. The topological polar surface area (TPSA) is 94.8 Å². The van der Waals surface area contributed by atoms with Crippen LogP contribution in [0.4, 0.5) is 0 Å². The molecule has 1 aromatic heterocycles. The maximum absolute atomic E-state index is 13.1. The van der Waals surface area contributed by atoms with Crippen molar-refractivity contribution >= 4 is 5.91 Å². The van der Waals surface area contributed by atoms with E-state index in [1.807, 2.05) is 31.2 Å². The predicted octanol–water partition coefficient (Wildman–Crippen LogP) is 1.89. The lowest BCUT2D eigenvalue weighted by atomic mass is 9.67. The van der Waals surface area contributed by atoms with Gasteiger partial charge in [0, 0.05) is 11.8 Å². The molecule has 0 atom stereocenters. The number of hydrogen-bond donors (Lipinski definition) is 3. The molecule has 0 radical (unpaired) electrons. The van der Waals surface area contributed by atoms with Crippen LogP contribution >= 0.6 is 0 Å². The second-order valence-corrected chi connectivity index (χ2v) is 6.75. The van der Waals surface area contributed by atoms with Gasteiger partial charge in [0.05, 0.1) is 12.0 Å². The highest BCUT2D eigenvalue weighted by molar-refractivity contribution is 5.88. The summed E-state index contributed by atoms with van der Waals surface area (Å²) in [4.78, 5) is 40.6. The predicted molar refractivity (Wildman–Crippen MR) is 95.5 cm³/mol. The Labute approximate surface area is 145 Å². The standard InChI is InChI=1S/C19H23N3O3/c1-13-7-3-4-8-15(13)19(9-5-2-6-10-19)17(24)20-12-14-11-16(23)22-18(25)21-14/h3-4,7-8,11H,2,5-6,9-10,12H2,1H3,(H,20,24)(H2,21,22,23,25). The summed E-state index contributed by atoms with van der Waals surface area (Å²) in [5.74, 6) is -0.0392. The Kier molecular flexibility index (Phi) is 4.88. The molecular formula is C19H23N3O3. The van der Waals surface area contributed by atoms with E-state index in [2.05, 4.69) is 15.3 Å². The monoisotopic (exact) mass is 341 g/mol. The van der Waals surface area contributed by atoms with Crippen LogP contribution in [-0.4, -0.2) is 15.9 Å². The number of hydrogen-bond acceptors (Lipinski definition) is 3. The molecule has 25 heavy (non-hydrogen) atoms. The van der Waals surface area contributed by atoms with E-state index in [4.69, 9.17) is 0 Å². The molecule has 6 nitrogen and oxygen atoms in total. The lowest BCUT2D eigenvalue weighted by Crippen LogP contribution is -2.46. The summed E-state index contributed by atoms with van der Waals surface area (Å²) >= 11 is 0. The molecule has 3 N–H and O–H groups in total. The number of nitrogens with one attached hydrogen (secondary N) is 3. The molecule has 0 aliphatic heterocycles. The van der Waals surface area contributed by atoms with Crippen molar-refractivity contribution in [2.45, 2.75) is 51.0 Å². The van der Waals surface area contributed by atoms with Gasteiger partial charge in [0.2, 0.25) is 5.91 Å². The van der Waals surface area contributed by atoms with Crippen molar-refractivity contribution in [1.82, 2.24) is 15.3 Å². The van der Waals surface area contributed by atoms with Gasteiger partial charge in [-0.25, -0.2) is 4.79 Å². The molecule has 132 valence electrons. The SMILES string of the molecule is Cc1ccccc1C1(C(=O)NCc2cc(=O)[nH]c(=O)[nH]2)CCCCC1. The van der Waals surface area contributed by atoms with Gasteiger partial charge >= 0.3 is 5.69 Å². The third-order valence-electron chi connectivity index (χ3n) is 5.06. The summed E-state index contributed by atoms with van der Waals surface area (Å²) in [7, 11) is 0. The van der Waals surface area contributed by atoms with Crippen molar-refractivity contribution in [3.8, 4) is 0 Å². The Morgan fingerprint density at radius 1 is 1.12 bits per heavy atom. The molecule has 1 aromatic carbocycles. The number of aryl methyl sites for hydroxylation is 1. The lowest BCUT2D eigenvalue weighted by molar-refractivity contribution is -0.128. The maximum atomic E-state index is 13.1. The first-order valence-electron chi connectivity index (χ1n) is 8.68.